The number of hydrogen-bond acceptors (Lipinski definition) is 3. The minimum absolute atomic E-state index is 0.265. The predicted octanol–water partition coefficient (Wildman–Crippen LogP) is 2.27. The summed E-state index contributed by atoms with van der Waals surface area (Å²) in [6, 6.07) is 5.66. The topological polar surface area (TPSA) is 42.2 Å². The maximum absolute atomic E-state index is 8.57. The molecule has 3 nitrogen and oxygen atoms in total. The molecule has 0 saturated carbocycles. The van der Waals surface area contributed by atoms with Crippen LogP contribution in [0.5, 0.6) is 5.75 Å². The van der Waals surface area contributed by atoms with Gasteiger partial charge in [0, 0.05) is 10.6 Å². The lowest BCUT2D eigenvalue weighted by atomic mass is 10.1. The van der Waals surface area contributed by atoms with E-state index in [2.05, 4.69) is 6.07 Å². The van der Waals surface area contributed by atoms with E-state index in [-0.39, 0.29) is 6.79 Å². The average Bonchev–Trinajstić information content (AvgIpc) is 2.19. The summed E-state index contributed by atoms with van der Waals surface area (Å²) in [5.74, 6) is 0.769. The van der Waals surface area contributed by atoms with Crippen molar-refractivity contribution < 1.29 is 9.47 Å². The van der Waals surface area contributed by atoms with Crippen LogP contribution in [0, 0.1) is 11.3 Å². The number of benzene rings is 1. The van der Waals surface area contributed by atoms with Crippen molar-refractivity contribution >= 4 is 11.6 Å². The first-order valence-electron chi connectivity index (χ1n) is 4.20. The second-order valence-corrected chi connectivity index (χ2v) is 3.40. The van der Waals surface area contributed by atoms with Crippen LogP contribution in [0.15, 0.2) is 12.1 Å². The molecule has 0 unspecified atom stereocenters. The molecule has 0 aromatic heterocycles. The highest BCUT2D eigenvalue weighted by atomic mass is 35.5. The number of nitriles is 1. The van der Waals surface area contributed by atoms with E-state index in [1.807, 2.05) is 6.07 Å². The van der Waals surface area contributed by atoms with E-state index in [1.165, 1.54) is 0 Å². The Morgan fingerprint density at radius 1 is 1.50 bits per heavy atom. The summed E-state index contributed by atoms with van der Waals surface area (Å²) < 4.78 is 10.4. The molecule has 0 spiro atoms. The summed E-state index contributed by atoms with van der Waals surface area (Å²) in [6.45, 7) is 0.780. The Bertz CT molecular complexity index is 398. The van der Waals surface area contributed by atoms with Crippen LogP contribution in [0.2, 0.25) is 5.02 Å². The zero-order chi connectivity index (χ0) is 9.97. The van der Waals surface area contributed by atoms with Crippen LogP contribution in [-0.2, 0) is 17.8 Å². The molecule has 2 rings (SSSR count). The lowest BCUT2D eigenvalue weighted by Crippen LogP contribution is -2.11. The highest BCUT2D eigenvalue weighted by molar-refractivity contribution is 6.31. The van der Waals surface area contributed by atoms with Crippen molar-refractivity contribution in [2.24, 2.45) is 0 Å². The third-order valence-corrected chi connectivity index (χ3v) is 2.41. The first-order chi connectivity index (χ1) is 6.81. The predicted molar refractivity (Wildman–Crippen MR) is 51.1 cm³/mol. The smallest absolute Gasteiger partial charge is 0.189 e. The Balaban J connectivity index is 2.41. The van der Waals surface area contributed by atoms with Crippen LogP contribution in [0.1, 0.15) is 11.1 Å². The average molecular weight is 210 g/mol. The van der Waals surface area contributed by atoms with E-state index in [1.54, 1.807) is 6.07 Å². The van der Waals surface area contributed by atoms with Crippen molar-refractivity contribution in [3.63, 3.8) is 0 Å². The maximum Gasteiger partial charge on any atom is 0.189 e. The standard InChI is InChI=1S/C10H8ClNO2/c11-9-3-8-5-13-6-14-10(8)4-7(9)1-2-12/h3-4H,1,5-6H2. The minimum atomic E-state index is 0.265. The van der Waals surface area contributed by atoms with Gasteiger partial charge in [-0.2, -0.15) is 5.26 Å². The molecular formula is C10H8ClNO2. The first-order valence-corrected chi connectivity index (χ1v) is 4.58. The van der Waals surface area contributed by atoms with Crippen LogP contribution < -0.4 is 4.74 Å². The fourth-order valence-corrected chi connectivity index (χ4v) is 1.61. The molecule has 14 heavy (non-hydrogen) atoms. The number of ether oxygens (including phenoxy) is 2. The van der Waals surface area contributed by atoms with Crippen LogP contribution in [0.3, 0.4) is 0 Å². The van der Waals surface area contributed by atoms with Crippen molar-refractivity contribution in [1.82, 2.24) is 0 Å². The minimum Gasteiger partial charge on any atom is -0.467 e. The van der Waals surface area contributed by atoms with Crippen LogP contribution in [0.4, 0.5) is 0 Å². The normalized spacial score (nSPS) is 14.0. The van der Waals surface area contributed by atoms with Gasteiger partial charge in [-0.1, -0.05) is 11.6 Å². The molecule has 0 radical (unpaired) electrons. The highest BCUT2D eigenvalue weighted by Crippen LogP contribution is 2.30. The number of nitrogens with zero attached hydrogens (tertiary/aromatic N) is 1. The van der Waals surface area contributed by atoms with E-state index >= 15 is 0 Å². The molecule has 1 aromatic rings. The fourth-order valence-electron chi connectivity index (χ4n) is 1.36. The molecule has 1 aromatic carbocycles. The van der Waals surface area contributed by atoms with E-state index in [0.717, 1.165) is 16.9 Å². The molecule has 0 N–H and O–H groups in total. The number of rotatable bonds is 1. The van der Waals surface area contributed by atoms with E-state index in [4.69, 9.17) is 26.3 Å². The Morgan fingerprint density at radius 3 is 3.14 bits per heavy atom. The van der Waals surface area contributed by atoms with Crippen LogP contribution in [0.25, 0.3) is 0 Å². The summed E-state index contributed by atoms with van der Waals surface area (Å²) in [7, 11) is 0. The molecule has 1 heterocycles. The Labute approximate surface area is 86.8 Å². The number of fused-ring (bicyclic) bond motifs is 1. The quantitative estimate of drug-likeness (QED) is 0.713. The Kier molecular flexibility index (Phi) is 2.58. The molecule has 4 heteroatoms. The third kappa shape index (κ3) is 1.67. The molecule has 1 aliphatic heterocycles. The second-order valence-electron chi connectivity index (χ2n) is 3.00. The fraction of sp³-hybridized carbons (Fsp3) is 0.300. The lowest BCUT2D eigenvalue weighted by Gasteiger charge is -2.18. The monoisotopic (exact) mass is 209 g/mol. The summed E-state index contributed by atoms with van der Waals surface area (Å²) >= 11 is 5.98. The van der Waals surface area contributed by atoms with Gasteiger partial charge >= 0.3 is 0 Å². The Morgan fingerprint density at radius 2 is 2.36 bits per heavy atom. The highest BCUT2D eigenvalue weighted by Gasteiger charge is 2.13. The molecular weight excluding hydrogens is 202 g/mol. The van der Waals surface area contributed by atoms with Gasteiger partial charge < -0.3 is 9.47 Å². The van der Waals surface area contributed by atoms with Crippen molar-refractivity contribution in [2.45, 2.75) is 13.0 Å². The largest absolute Gasteiger partial charge is 0.467 e. The van der Waals surface area contributed by atoms with Crippen LogP contribution in [-0.4, -0.2) is 6.79 Å². The third-order valence-electron chi connectivity index (χ3n) is 2.05. The molecule has 0 aliphatic carbocycles. The molecule has 0 amide bonds. The zero-order valence-electron chi connectivity index (χ0n) is 7.42. The van der Waals surface area contributed by atoms with Gasteiger partial charge in [0.1, 0.15) is 5.75 Å². The molecule has 0 bridgehead atoms. The van der Waals surface area contributed by atoms with Gasteiger partial charge in [0.2, 0.25) is 0 Å². The second kappa shape index (κ2) is 3.87. The summed E-state index contributed by atoms with van der Waals surface area (Å²) in [6.07, 6.45) is 0.302. The van der Waals surface area contributed by atoms with Gasteiger partial charge in [-0.25, -0.2) is 0 Å². The Hall–Kier alpha value is -1.24. The van der Waals surface area contributed by atoms with Gasteiger partial charge in [0.25, 0.3) is 0 Å². The van der Waals surface area contributed by atoms with Crippen molar-refractivity contribution in [2.75, 3.05) is 6.79 Å². The first kappa shape index (κ1) is 9.32. The van der Waals surface area contributed by atoms with Gasteiger partial charge in [-0.15, -0.1) is 0 Å². The summed E-state index contributed by atoms with van der Waals surface area (Å²) in [4.78, 5) is 0. The summed E-state index contributed by atoms with van der Waals surface area (Å²) in [5.41, 5.74) is 1.73. The molecule has 0 saturated heterocycles. The van der Waals surface area contributed by atoms with Crippen molar-refractivity contribution in [3.05, 3.63) is 28.3 Å². The van der Waals surface area contributed by atoms with E-state index in [0.29, 0.717) is 18.1 Å². The molecule has 72 valence electrons. The van der Waals surface area contributed by atoms with Crippen molar-refractivity contribution in [1.29, 1.82) is 5.26 Å². The van der Waals surface area contributed by atoms with Gasteiger partial charge in [-0.05, 0) is 17.7 Å². The molecule has 0 atom stereocenters. The lowest BCUT2D eigenvalue weighted by molar-refractivity contribution is -0.0164. The van der Waals surface area contributed by atoms with E-state index in [9.17, 15) is 0 Å². The maximum atomic E-state index is 8.57. The van der Waals surface area contributed by atoms with Gasteiger partial charge in [-0.3, -0.25) is 0 Å². The van der Waals surface area contributed by atoms with Crippen molar-refractivity contribution in [3.8, 4) is 11.8 Å². The van der Waals surface area contributed by atoms with Crippen LogP contribution >= 0.6 is 11.6 Å². The van der Waals surface area contributed by atoms with E-state index < -0.39 is 0 Å². The number of halogens is 1. The summed E-state index contributed by atoms with van der Waals surface area (Å²) in [5, 5.41) is 9.17. The number of hydrogen-bond donors (Lipinski definition) is 0. The molecule has 0 fully saturated rings. The zero-order valence-corrected chi connectivity index (χ0v) is 8.17. The van der Waals surface area contributed by atoms with Gasteiger partial charge in [0.05, 0.1) is 19.1 Å². The molecule has 1 aliphatic rings. The van der Waals surface area contributed by atoms with Gasteiger partial charge in [0.15, 0.2) is 6.79 Å². The SMILES string of the molecule is N#CCc1cc2c(cc1Cl)COCO2.